The molecule has 3 N–H and O–H groups in total. The van der Waals surface area contributed by atoms with Crippen molar-refractivity contribution >= 4 is 11.5 Å². The summed E-state index contributed by atoms with van der Waals surface area (Å²) in [7, 11) is 2.07. The predicted molar refractivity (Wildman–Crippen MR) is 84.9 cm³/mol. The summed E-state index contributed by atoms with van der Waals surface area (Å²) in [6.07, 6.45) is 6.98. The topological polar surface area (TPSA) is 78.0 Å². The Bertz CT molecular complexity index is 454. The van der Waals surface area contributed by atoms with Crippen molar-refractivity contribution in [2.75, 3.05) is 38.1 Å². The molecule has 1 aromatic rings. The summed E-state index contributed by atoms with van der Waals surface area (Å²) in [5, 5.41) is 11.6. The van der Waals surface area contributed by atoms with Crippen molar-refractivity contribution in [1.82, 2.24) is 9.88 Å². The molecule has 2 rings (SSSR count). The third-order valence-electron chi connectivity index (χ3n) is 3.98. The van der Waals surface area contributed by atoms with Crippen LogP contribution >= 0.6 is 0 Å². The number of nitrogens with two attached hydrogens (primary N) is 1. The van der Waals surface area contributed by atoms with Gasteiger partial charge in [-0.25, -0.2) is 0 Å². The van der Waals surface area contributed by atoms with Gasteiger partial charge in [-0.15, -0.1) is 0 Å². The van der Waals surface area contributed by atoms with Crippen LogP contribution < -0.4 is 10.6 Å². The fourth-order valence-corrected chi connectivity index (χ4v) is 2.66. The maximum Gasteiger partial charge on any atom is 0.188 e. The van der Waals surface area contributed by atoms with E-state index in [1.165, 1.54) is 38.9 Å². The van der Waals surface area contributed by atoms with E-state index < -0.39 is 0 Å². The predicted octanol–water partition coefficient (Wildman–Crippen LogP) is 1.49. The fourth-order valence-electron chi connectivity index (χ4n) is 2.66. The normalized spacial score (nSPS) is 16.9. The smallest absolute Gasteiger partial charge is 0.188 e. The maximum absolute atomic E-state index is 8.61. The number of piperidine rings is 1. The molecule has 0 radical (unpaired) electrons. The number of likely N-dealkylation sites (tertiary alicyclic amines) is 1. The lowest BCUT2D eigenvalue weighted by Crippen LogP contribution is -2.32. The van der Waals surface area contributed by atoms with Gasteiger partial charge in [-0.1, -0.05) is 11.6 Å². The van der Waals surface area contributed by atoms with E-state index in [-0.39, 0.29) is 5.84 Å². The van der Waals surface area contributed by atoms with Crippen LogP contribution in [0.5, 0.6) is 0 Å². The molecule has 0 spiro atoms. The number of rotatable bonds is 6. The van der Waals surface area contributed by atoms with Crippen molar-refractivity contribution in [3.8, 4) is 0 Å². The highest BCUT2D eigenvalue weighted by Crippen LogP contribution is 2.13. The molecule has 0 atom stereocenters. The Kier molecular flexibility index (Phi) is 5.80. The van der Waals surface area contributed by atoms with Crippen molar-refractivity contribution in [1.29, 1.82) is 0 Å². The van der Waals surface area contributed by atoms with Crippen molar-refractivity contribution in [3.63, 3.8) is 0 Å². The zero-order valence-electron chi connectivity index (χ0n) is 12.7. The van der Waals surface area contributed by atoms with Gasteiger partial charge >= 0.3 is 0 Å². The molecule has 21 heavy (non-hydrogen) atoms. The van der Waals surface area contributed by atoms with Gasteiger partial charge in [-0.2, -0.15) is 0 Å². The van der Waals surface area contributed by atoms with Crippen molar-refractivity contribution in [2.45, 2.75) is 25.7 Å². The highest BCUT2D eigenvalue weighted by Gasteiger charge is 2.10. The molecule has 0 unspecified atom stereocenters. The molecule has 0 saturated carbocycles. The molecule has 0 aromatic carbocycles. The lowest BCUT2D eigenvalue weighted by molar-refractivity contribution is 0.227. The van der Waals surface area contributed by atoms with E-state index in [1.54, 1.807) is 12.3 Å². The first-order valence-corrected chi connectivity index (χ1v) is 7.58. The fraction of sp³-hybridized carbons (Fsp3) is 0.600. The number of anilines is 1. The largest absolute Gasteiger partial charge is 0.409 e. The zero-order chi connectivity index (χ0) is 15.1. The number of aromatic nitrogens is 1. The molecule has 1 aromatic heterocycles. The Hall–Kier alpha value is -1.82. The second kappa shape index (κ2) is 7.83. The molecule has 1 aliphatic rings. The van der Waals surface area contributed by atoms with E-state index in [2.05, 4.69) is 27.0 Å². The highest BCUT2D eigenvalue weighted by molar-refractivity contribution is 5.95. The number of amidine groups is 1. The van der Waals surface area contributed by atoms with E-state index in [9.17, 15) is 0 Å². The highest BCUT2D eigenvalue weighted by atomic mass is 16.4. The standard InChI is InChI=1S/C15H25N5O/c1-19(8-5-11-20-9-3-2-4-10-20)13-6-7-14(17-12-13)15(16)18-21/h6-7,12,21H,2-5,8-11H2,1H3,(H2,16,18). The summed E-state index contributed by atoms with van der Waals surface area (Å²) in [6.45, 7) is 4.67. The van der Waals surface area contributed by atoms with Crippen LogP contribution in [0.3, 0.4) is 0 Å². The van der Waals surface area contributed by atoms with Crippen LogP contribution in [0.1, 0.15) is 31.4 Å². The molecule has 1 aliphatic heterocycles. The average Bonchev–Trinajstić information content (AvgIpc) is 2.55. The Morgan fingerprint density at radius 3 is 2.76 bits per heavy atom. The summed E-state index contributed by atoms with van der Waals surface area (Å²) in [5.74, 6) is 0.0364. The van der Waals surface area contributed by atoms with Gasteiger partial charge in [0, 0.05) is 13.6 Å². The SMILES string of the molecule is CN(CCCN1CCCCC1)c1ccc(/C(N)=N/O)nc1. The maximum atomic E-state index is 8.61. The molecule has 1 fully saturated rings. The number of pyridine rings is 1. The van der Waals surface area contributed by atoms with Gasteiger partial charge in [0.05, 0.1) is 11.9 Å². The summed E-state index contributed by atoms with van der Waals surface area (Å²) in [4.78, 5) is 8.94. The molecule has 0 bridgehead atoms. The van der Waals surface area contributed by atoms with Gasteiger partial charge in [-0.05, 0) is 51.0 Å². The average molecular weight is 291 g/mol. The van der Waals surface area contributed by atoms with Crippen LogP contribution in [0.2, 0.25) is 0 Å². The molecular weight excluding hydrogens is 266 g/mol. The van der Waals surface area contributed by atoms with Gasteiger partial charge in [0.25, 0.3) is 0 Å². The molecular formula is C15H25N5O. The summed E-state index contributed by atoms with van der Waals surface area (Å²) in [6, 6.07) is 3.72. The number of nitrogens with zero attached hydrogens (tertiary/aromatic N) is 4. The third-order valence-corrected chi connectivity index (χ3v) is 3.98. The summed E-state index contributed by atoms with van der Waals surface area (Å²) >= 11 is 0. The van der Waals surface area contributed by atoms with Gasteiger partial charge in [0.1, 0.15) is 5.69 Å². The molecule has 2 heterocycles. The summed E-state index contributed by atoms with van der Waals surface area (Å²) in [5.41, 5.74) is 7.04. The first kappa shape index (κ1) is 15.6. The summed E-state index contributed by atoms with van der Waals surface area (Å²) < 4.78 is 0. The van der Waals surface area contributed by atoms with Crippen molar-refractivity contribution in [2.24, 2.45) is 10.9 Å². The Labute approximate surface area is 126 Å². The van der Waals surface area contributed by atoms with Gasteiger partial charge in [0.2, 0.25) is 0 Å². The number of hydrogen-bond acceptors (Lipinski definition) is 5. The lowest BCUT2D eigenvalue weighted by Gasteiger charge is -2.27. The Morgan fingerprint density at radius 1 is 1.38 bits per heavy atom. The van der Waals surface area contributed by atoms with Crippen LogP contribution in [0.4, 0.5) is 5.69 Å². The minimum absolute atomic E-state index is 0.0364. The van der Waals surface area contributed by atoms with E-state index in [0.717, 1.165) is 18.7 Å². The molecule has 0 amide bonds. The Morgan fingerprint density at radius 2 is 2.14 bits per heavy atom. The van der Waals surface area contributed by atoms with E-state index >= 15 is 0 Å². The number of hydrogen-bond donors (Lipinski definition) is 2. The van der Waals surface area contributed by atoms with E-state index in [4.69, 9.17) is 10.9 Å². The first-order chi connectivity index (χ1) is 10.2. The van der Waals surface area contributed by atoms with Gasteiger partial charge in [0.15, 0.2) is 5.84 Å². The van der Waals surface area contributed by atoms with Crippen LogP contribution in [0, 0.1) is 0 Å². The molecule has 116 valence electrons. The van der Waals surface area contributed by atoms with Crippen LogP contribution in [0.15, 0.2) is 23.5 Å². The van der Waals surface area contributed by atoms with Gasteiger partial charge in [-0.3, -0.25) is 4.98 Å². The zero-order valence-corrected chi connectivity index (χ0v) is 12.7. The number of oxime groups is 1. The first-order valence-electron chi connectivity index (χ1n) is 7.58. The lowest BCUT2D eigenvalue weighted by atomic mass is 10.1. The van der Waals surface area contributed by atoms with Crippen LogP contribution in [0.25, 0.3) is 0 Å². The third kappa shape index (κ3) is 4.60. The monoisotopic (exact) mass is 291 g/mol. The molecule has 6 nitrogen and oxygen atoms in total. The van der Waals surface area contributed by atoms with Crippen molar-refractivity contribution in [3.05, 3.63) is 24.0 Å². The second-order valence-electron chi connectivity index (χ2n) is 5.56. The van der Waals surface area contributed by atoms with Gasteiger partial charge < -0.3 is 20.7 Å². The second-order valence-corrected chi connectivity index (χ2v) is 5.56. The minimum Gasteiger partial charge on any atom is -0.409 e. The Balaban J connectivity index is 1.78. The molecule has 6 heteroatoms. The van der Waals surface area contributed by atoms with Crippen LogP contribution in [-0.2, 0) is 0 Å². The molecule has 0 aliphatic carbocycles. The van der Waals surface area contributed by atoms with E-state index in [0.29, 0.717) is 5.69 Å². The van der Waals surface area contributed by atoms with Crippen LogP contribution in [-0.4, -0.2) is 54.2 Å². The quantitative estimate of drug-likeness (QED) is 0.359. The minimum atomic E-state index is 0.0364. The van der Waals surface area contributed by atoms with E-state index in [1.807, 2.05) is 6.07 Å². The van der Waals surface area contributed by atoms with Crippen molar-refractivity contribution < 1.29 is 5.21 Å². The molecule has 1 saturated heterocycles.